The predicted molar refractivity (Wildman–Crippen MR) is 45.5 cm³/mol. The van der Waals surface area contributed by atoms with Gasteiger partial charge in [0.1, 0.15) is 0 Å². The van der Waals surface area contributed by atoms with Crippen LogP contribution in [0.1, 0.15) is 53.3 Å². The normalized spacial score (nSPS) is 9.00. The van der Waals surface area contributed by atoms with Crippen molar-refractivity contribution in [3.05, 3.63) is 6.92 Å². The van der Waals surface area contributed by atoms with Crippen LogP contribution in [0.15, 0.2) is 0 Å². The molecule has 0 saturated heterocycles. The van der Waals surface area contributed by atoms with Gasteiger partial charge in [-0.15, -0.1) is 0 Å². The average molecular weight is 136 g/mol. The molecule has 0 N–H and O–H groups in total. The van der Waals surface area contributed by atoms with Gasteiger partial charge in [-0.1, -0.05) is 45.4 Å². The number of rotatable bonds is 6. The Hall–Kier alpha value is 0.597. The largest absolute Gasteiger partial charge is 1.00 e. The summed E-state index contributed by atoms with van der Waals surface area (Å²) < 4.78 is 0. The molecule has 0 unspecified atom stereocenters. The van der Waals surface area contributed by atoms with Crippen molar-refractivity contribution >= 4 is 0 Å². The van der Waals surface area contributed by atoms with Crippen molar-refractivity contribution in [2.24, 2.45) is 0 Å². The van der Waals surface area contributed by atoms with Gasteiger partial charge in [-0.3, -0.25) is 0 Å². The van der Waals surface area contributed by atoms with Crippen molar-refractivity contribution in [2.45, 2.75) is 51.9 Å². The summed E-state index contributed by atoms with van der Waals surface area (Å²) in [7, 11) is 0. The molecule has 0 aliphatic rings. The second-order valence-electron chi connectivity index (χ2n) is 2.62. The third-order valence-corrected chi connectivity index (χ3v) is 1.60. The molecule has 10 heavy (non-hydrogen) atoms. The van der Waals surface area contributed by atoms with Crippen molar-refractivity contribution in [1.29, 1.82) is 0 Å². The van der Waals surface area contributed by atoms with E-state index in [4.69, 9.17) is 0 Å². The van der Waals surface area contributed by atoms with Crippen LogP contribution < -0.4 is 18.9 Å². The second kappa shape index (κ2) is 12.3. The van der Waals surface area contributed by atoms with Crippen LogP contribution >= 0.6 is 0 Å². The van der Waals surface area contributed by atoms with Crippen LogP contribution in [-0.4, -0.2) is 0 Å². The molecule has 0 spiro atoms. The Morgan fingerprint density at radius 3 is 2.00 bits per heavy atom. The third-order valence-electron chi connectivity index (χ3n) is 1.60. The van der Waals surface area contributed by atoms with E-state index < -0.39 is 0 Å². The zero-order valence-electron chi connectivity index (χ0n) is 7.66. The molecule has 58 valence electrons. The first kappa shape index (κ1) is 13.2. The molecule has 0 nitrogen and oxygen atoms in total. The van der Waals surface area contributed by atoms with Crippen LogP contribution in [-0.2, 0) is 0 Å². The van der Waals surface area contributed by atoms with E-state index in [0.717, 1.165) is 6.42 Å². The van der Waals surface area contributed by atoms with Gasteiger partial charge >= 0.3 is 18.9 Å². The first-order chi connectivity index (χ1) is 4.41. The molecule has 0 rings (SSSR count). The van der Waals surface area contributed by atoms with Gasteiger partial charge in [0.05, 0.1) is 0 Å². The molecular weight excluding hydrogens is 115 g/mol. The monoisotopic (exact) mass is 136 g/mol. The number of unbranched alkanes of at least 4 members (excludes halogenated alkanes) is 6. The standard InChI is InChI=1S/C9H19.Li.H2/c1-3-5-7-9-8-6-4-2;;/h1,3-9H2,2H3;;1H/q-1;+1;. The molecule has 0 heterocycles. The molecule has 0 radical (unpaired) electrons. The molecule has 1 heteroatoms. The van der Waals surface area contributed by atoms with Crippen LogP contribution in [0.4, 0.5) is 0 Å². The molecule has 0 fully saturated rings. The van der Waals surface area contributed by atoms with Crippen LogP contribution in [0.25, 0.3) is 0 Å². The number of hydrogen-bond acceptors (Lipinski definition) is 0. The van der Waals surface area contributed by atoms with Gasteiger partial charge in [0, 0.05) is 1.43 Å². The fourth-order valence-electron chi connectivity index (χ4n) is 0.957. The molecule has 0 aromatic carbocycles. The predicted octanol–water partition coefficient (Wildman–Crippen LogP) is 0.821. The minimum atomic E-state index is 0. The van der Waals surface area contributed by atoms with Gasteiger partial charge < -0.3 is 6.92 Å². The van der Waals surface area contributed by atoms with Crippen LogP contribution in [0.3, 0.4) is 0 Å². The maximum Gasteiger partial charge on any atom is 1.00 e. The summed E-state index contributed by atoms with van der Waals surface area (Å²) in [6, 6.07) is 0. The molecular formula is C9H21Li. The summed E-state index contributed by atoms with van der Waals surface area (Å²) in [6.07, 6.45) is 9.45. The molecule has 0 aliphatic heterocycles. The Morgan fingerprint density at radius 1 is 1.00 bits per heavy atom. The molecule has 0 aromatic rings. The molecule has 0 bridgehead atoms. The molecule has 0 atom stereocenters. The molecule has 0 aliphatic carbocycles. The van der Waals surface area contributed by atoms with E-state index in [0.29, 0.717) is 0 Å². The maximum absolute atomic E-state index is 3.80. The topological polar surface area (TPSA) is 0 Å². The molecule has 0 amide bonds. The van der Waals surface area contributed by atoms with E-state index in [2.05, 4.69) is 13.8 Å². The van der Waals surface area contributed by atoms with Crippen molar-refractivity contribution < 1.29 is 20.3 Å². The Morgan fingerprint density at radius 2 is 1.50 bits per heavy atom. The fourth-order valence-corrected chi connectivity index (χ4v) is 0.957. The van der Waals surface area contributed by atoms with Crippen LogP contribution in [0.2, 0.25) is 0 Å². The summed E-state index contributed by atoms with van der Waals surface area (Å²) in [5, 5.41) is 0. The van der Waals surface area contributed by atoms with Crippen LogP contribution in [0.5, 0.6) is 0 Å². The van der Waals surface area contributed by atoms with Gasteiger partial charge in [-0.2, -0.15) is 6.42 Å². The van der Waals surface area contributed by atoms with Gasteiger partial charge in [-0.25, -0.2) is 0 Å². The number of hydrogen-bond donors (Lipinski definition) is 0. The van der Waals surface area contributed by atoms with E-state index in [1.807, 2.05) is 0 Å². The minimum Gasteiger partial charge on any atom is -0.343 e. The Labute approximate surface area is 79.4 Å². The van der Waals surface area contributed by atoms with Crippen LogP contribution in [0, 0.1) is 6.92 Å². The van der Waals surface area contributed by atoms with E-state index in [9.17, 15) is 0 Å². The molecule has 0 saturated carbocycles. The first-order valence-electron chi connectivity index (χ1n) is 4.21. The van der Waals surface area contributed by atoms with E-state index >= 15 is 0 Å². The van der Waals surface area contributed by atoms with Gasteiger partial charge in [-0.05, 0) is 0 Å². The minimum absolute atomic E-state index is 0. The third kappa shape index (κ3) is 11.4. The van der Waals surface area contributed by atoms with Crippen molar-refractivity contribution in [3.8, 4) is 0 Å². The van der Waals surface area contributed by atoms with Gasteiger partial charge in [0.15, 0.2) is 0 Å². The SMILES string of the molecule is [CH2-]CCCCCCCC.[HH].[Li+]. The smallest absolute Gasteiger partial charge is 0.343 e. The maximum atomic E-state index is 3.80. The van der Waals surface area contributed by atoms with Gasteiger partial charge in [0.25, 0.3) is 0 Å². The summed E-state index contributed by atoms with van der Waals surface area (Å²) in [5.41, 5.74) is 0. The fraction of sp³-hybridized carbons (Fsp3) is 0.889. The first-order valence-corrected chi connectivity index (χ1v) is 4.21. The molecule has 0 aromatic heterocycles. The van der Waals surface area contributed by atoms with Gasteiger partial charge in [0.2, 0.25) is 0 Å². The Bertz CT molecular complexity index is 42.8. The van der Waals surface area contributed by atoms with E-state index in [-0.39, 0.29) is 20.3 Å². The van der Waals surface area contributed by atoms with Crippen molar-refractivity contribution in [2.75, 3.05) is 0 Å². The van der Waals surface area contributed by atoms with Crippen molar-refractivity contribution in [3.63, 3.8) is 0 Å². The van der Waals surface area contributed by atoms with E-state index in [1.54, 1.807) is 0 Å². The summed E-state index contributed by atoms with van der Waals surface area (Å²) in [6.45, 7) is 6.05. The average Bonchev–Trinajstić information content (AvgIpc) is 1.89. The quantitative estimate of drug-likeness (QED) is 0.288. The zero-order chi connectivity index (χ0) is 6.95. The van der Waals surface area contributed by atoms with Crippen molar-refractivity contribution in [1.82, 2.24) is 0 Å². The Kier molecular flexibility index (Phi) is 16.2. The Balaban J connectivity index is -0.000000320. The summed E-state index contributed by atoms with van der Waals surface area (Å²) >= 11 is 0. The summed E-state index contributed by atoms with van der Waals surface area (Å²) in [5.74, 6) is 0. The zero-order valence-corrected chi connectivity index (χ0v) is 7.66. The summed E-state index contributed by atoms with van der Waals surface area (Å²) in [4.78, 5) is 0. The van der Waals surface area contributed by atoms with E-state index in [1.165, 1.54) is 38.5 Å². The second-order valence-corrected chi connectivity index (χ2v) is 2.62.